The highest BCUT2D eigenvalue weighted by atomic mass is 16.6. The van der Waals surface area contributed by atoms with Gasteiger partial charge in [-0.1, -0.05) is 0 Å². The van der Waals surface area contributed by atoms with E-state index in [0.717, 1.165) is 0 Å². The Morgan fingerprint density at radius 3 is 1.71 bits per heavy atom. The van der Waals surface area contributed by atoms with E-state index in [0.29, 0.717) is 0 Å². The molecule has 0 spiro atoms. The first-order valence-electron chi connectivity index (χ1n) is 4.73. The number of aliphatic hydroxyl groups excluding tert-OH is 1. The molecule has 0 bridgehead atoms. The molecule has 0 saturated carbocycles. The molecule has 0 radical (unpaired) electrons. The first-order valence-corrected chi connectivity index (χ1v) is 4.73. The van der Waals surface area contributed by atoms with Gasteiger partial charge in [-0.25, -0.2) is 9.59 Å². The number of esters is 2. The smallest absolute Gasteiger partial charge is 0.347 e. The lowest BCUT2D eigenvalue weighted by Crippen LogP contribution is -2.36. The van der Waals surface area contributed by atoms with E-state index in [1.807, 2.05) is 0 Å². The zero-order valence-electron chi connectivity index (χ0n) is 10.5. The van der Waals surface area contributed by atoms with Crippen molar-refractivity contribution in [2.24, 2.45) is 0 Å². The zero-order valence-corrected chi connectivity index (χ0v) is 10.5. The molecule has 0 aromatic rings. The second-order valence-corrected chi connectivity index (χ2v) is 3.61. The summed E-state index contributed by atoms with van der Waals surface area (Å²) in [5, 5.41) is 16.8. The van der Waals surface area contributed by atoms with E-state index in [1.165, 1.54) is 34.8 Å². The third-order valence-corrected chi connectivity index (χ3v) is 1.46. The van der Waals surface area contributed by atoms with Crippen LogP contribution in [0.4, 0.5) is 0 Å². The number of aliphatic hydroxyl groups is 1. The van der Waals surface area contributed by atoms with Crippen LogP contribution in [0.3, 0.4) is 0 Å². The van der Waals surface area contributed by atoms with Crippen LogP contribution in [0.25, 0.3) is 0 Å². The van der Waals surface area contributed by atoms with E-state index in [4.69, 9.17) is 10.2 Å². The quantitative estimate of drug-likeness (QED) is 0.676. The maximum absolute atomic E-state index is 10.3. The molecule has 0 aliphatic rings. The molecule has 7 heteroatoms. The summed E-state index contributed by atoms with van der Waals surface area (Å²) in [6.07, 6.45) is -0.995. The summed E-state index contributed by atoms with van der Waals surface area (Å²) in [5.41, 5.74) is -1.41. The van der Waals surface area contributed by atoms with E-state index in [1.54, 1.807) is 0 Å². The summed E-state index contributed by atoms with van der Waals surface area (Å²) in [6, 6.07) is 0. The number of methoxy groups -OCH3 is 1. The first kappa shape index (κ1) is 17.8. The van der Waals surface area contributed by atoms with Gasteiger partial charge in [-0.05, 0) is 20.8 Å². The van der Waals surface area contributed by atoms with Crippen LogP contribution in [0.1, 0.15) is 27.7 Å². The van der Waals surface area contributed by atoms with E-state index in [-0.39, 0.29) is 0 Å². The zero-order chi connectivity index (χ0) is 14.2. The molecular weight excluding hydrogens is 232 g/mol. The second kappa shape index (κ2) is 7.61. The fraction of sp³-hybridized carbons (Fsp3) is 0.700. The average molecular weight is 250 g/mol. The van der Waals surface area contributed by atoms with E-state index >= 15 is 0 Å². The highest BCUT2D eigenvalue weighted by molar-refractivity contribution is 5.80. The van der Waals surface area contributed by atoms with Gasteiger partial charge in [-0.15, -0.1) is 0 Å². The molecule has 0 amide bonds. The van der Waals surface area contributed by atoms with Crippen LogP contribution in [0.15, 0.2) is 0 Å². The summed E-state index contributed by atoms with van der Waals surface area (Å²) in [7, 11) is 1.23. The average Bonchev–Trinajstić information content (AvgIpc) is 2.15. The Morgan fingerprint density at radius 2 is 1.65 bits per heavy atom. The molecule has 2 N–H and O–H groups in total. The van der Waals surface area contributed by atoms with Crippen molar-refractivity contribution in [2.75, 3.05) is 7.11 Å². The molecule has 0 aromatic heterocycles. The summed E-state index contributed by atoms with van der Waals surface area (Å²) in [6.45, 7) is 5.16. The molecule has 0 heterocycles. The Kier molecular flexibility index (Phi) is 7.95. The molecule has 7 nitrogen and oxygen atoms in total. The van der Waals surface area contributed by atoms with Gasteiger partial charge in [0.05, 0.1) is 7.11 Å². The van der Waals surface area contributed by atoms with Gasteiger partial charge >= 0.3 is 17.9 Å². The van der Waals surface area contributed by atoms with Crippen LogP contribution in [0, 0.1) is 0 Å². The first-order chi connectivity index (χ1) is 7.54. The van der Waals surface area contributed by atoms with E-state index < -0.39 is 29.6 Å². The lowest BCUT2D eigenvalue weighted by Gasteiger charge is -2.18. The van der Waals surface area contributed by atoms with Crippen LogP contribution in [0.2, 0.25) is 0 Å². The Bertz CT molecular complexity index is 280. The summed E-state index contributed by atoms with van der Waals surface area (Å²) in [5.74, 6) is -2.34. The maximum atomic E-state index is 10.3. The molecule has 0 aliphatic heterocycles. The minimum atomic E-state index is -1.41. The van der Waals surface area contributed by atoms with E-state index in [2.05, 4.69) is 9.47 Å². The monoisotopic (exact) mass is 250 g/mol. The van der Waals surface area contributed by atoms with Crippen LogP contribution in [-0.2, 0) is 23.9 Å². The number of hydrogen-bond donors (Lipinski definition) is 2. The van der Waals surface area contributed by atoms with Crippen molar-refractivity contribution in [3.8, 4) is 0 Å². The van der Waals surface area contributed by atoms with Crippen molar-refractivity contribution < 1.29 is 34.1 Å². The van der Waals surface area contributed by atoms with Gasteiger partial charge in [0.1, 0.15) is 6.10 Å². The van der Waals surface area contributed by atoms with Crippen LogP contribution >= 0.6 is 0 Å². The van der Waals surface area contributed by atoms with Gasteiger partial charge in [0, 0.05) is 6.92 Å². The minimum Gasteiger partial charge on any atom is -0.478 e. The summed E-state index contributed by atoms with van der Waals surface area (Å²) >= 11 is 0. The molecule has 0 aromatic carbocycles. The van der Waals surface area contributed by atoms with Crippen molar-refractivity contribution in [3.63, 3.8) is 0 Å². The Labute approximate surface area is 99.3 Å². The molecule has 100 valence electrons. The fourth-order valence-corrected chi connectivity index (χ4v) is 0.574. The second-order valence-electron chi connectivity index (χ2n) is 3.61. The third-order valence-electron chi connectivity index (χ3n) is 1.46. The predicted molar refractivity (Wildman–Crippen MR) is 57.2 cm³/mol. The van der Waals surface area contributed by atoms with Crippen molar-refractivity contribution in [1.82, 2.24) is 0 Å². The molecule has 1 atom stereocenters. The summed E-state index contributed by atoms with van der Waals surface area (Å²) in [4.78, 5) is 30.6. The molecule has 0 rings (SSSR count). The van der Waals surface area contributed by atoms with Gasteiger partial charge in [0.25, 0.3) is 0 Å². The van der Waals surface area contributed by atoms with Crippen molar-refractivity contribution in [1.29, 1.82) is 0 Å². The maximum Gasteiger partial charge on any atom is 0.347 e. The van der Waals surface area contributed by atoms with Gasteiger partial charge in [0.2, 0.25) is 5.60 Å². The lowest BCUT2D eigenvalue weighted by molar-refractivity contribution is -0.172. The van der Waals surface area contributed by atoms with Gasteiger partial charge in [-0.3, -0.25) is 4.79 Å². The molecule has 17 heavy (non-hydrogen) atoms. The predicted octanol–water partition coefficient (Wildman–Crippen LogP) is -0.0471. The lowest BCUT2D eigenvalue weighted by atomic mass is 10.1. The Balaban J connectivity index is 0. The SMILES string of the molecule is CC(=O)OC(C)(C)C(=O)O.COC(=O)C(C)O. The van der Waals surface area contributed by atoms with Crippen molar-refractivity contribution >= 4 is 17.9 Å². The number of carboxylic acids is 1. The van der Waals surface area contributed by atoms with Crippen LogP contribution in [-0.4, -0.2) is 46.9 Å². The number of carboxylic acid groups (broad SMARTS) is 1. The molecule has 1 unspecified atom stereocenters. The number of rotatable bonds is 3. The van der Waals surface area contributed by atoms with Crippen molar-refractivity contribution in [2.45, 2.75) is 39.4 Å². The topological polar surface area (TPSA) is 110 Å². The number of ether oxygens (including phenoxy) is 2. The largest absolute Gasteiger partial charge is 0.478 e. The number of carbonyl (C=O) groups is 3. The van der Waals surface area contributed by atoms with Crippen LogP contribution < -0.4 is 0 Å². The Morgan fingerprint density at radius 1 is 1.24 bits per heavy atom. The minimum absolute atomic E-state index is 0.590. The third kappa shape index (κ3) is 9.31. The summed E-state index contributed by atoms with van der Waals surface area (Å²) < 4.78 is 8.58. The molecule has 0 fully saturated rings. The van der Waals surface area contributed by atoms with Gasteiger partial charge < -0.3 is 19.7 Å². The highest BCUT2D eigenvalue weighted by Gasteiger charge is 2.30. The standard InChI is InChI=1S/C6H10O4.C4H8O3/c1-4(7)10-6(2,3)5(8)9;1-3(5)4(6)7-2/h1-3H3,(H,8,9);3,5H,1-2H3. The number of aliphatic carboxylic acids is 1. The molecular formula is C10H18O7. The highest BCUT2D eigenvalue weighted by Crippen LogP contribution is 2.08. The molecule has 0 saturated heterocycles. The Hall–Kier alpha value is -1.63. The number of carbonyl (C=O) groups excluding carboxylic acids is 2. The van der Waals surface area contributed by atoms with Gasteiger partial charge in [0.15, 0.2) is 0 Å². The van der Waals surface area contributed by atoms with E-state index in [9.17, 15) is 14.4 Å². The van der Waals surface area contributed by atoms with Crippen molar-refractivity contribution in [3.05, 3.63) is 0 Å². The fourth-order valence-electron chi connectivity index (χ4n) is 0.574. The van der Waals surface area contributed by atoms with Crippen LogP contribution in [0.5, 0.6) is 0 Å². The van der Waals surface area contributed by atoms with Gasteiger partial charge in [-0.2, -0.15) is 0 Å². The number of hydrogen-bond acceptors (Lipinski definition) is 6. The molecule has 0 aliphatic carbocycles. The normalized spacial score (nSPS) is 11.6.